The van der Waals surface area contributed by atoms with Gasteiger partial charge in [-0.25, -0.2) is 4.79 Å². The van der Waals surface area contributed by atoms with Crippen molar-refractivity contribution >= 4 is 34.3 Å². The van der Waals surface area contributed by atoms with Crippen LogP contribution in [0.4, 0.5) is 5.00 Å². The second-order valence-corrected chi connectivity index (χ2v) is 6.18. The van der Waals surface area contributed by atoms with Gasteiger partial charge in [-0.2, -0.15) is 5.26 Å². The maximum atomic E-state index is 12.1. The van der Waals surface area contributed by atoms with Gasteiger partial charge in [-0.1, -0.05) is 0 Å². The number of nitrogens with zero attached hydrogens (tertiary/aromatic N) is 1. The summed E-state index contributed by atoms with van der Waals surface area (Å²) in [5.74, 6) is -0.391. The van der Waals surface area contributed by atoms with E-state index in [-0.39, 0.29) is 11.7 Å². The van der Waals surface area contributed by atoms with E-state index in [0.717, 1.165) is 11.3 Å². The fourth-order valence-electron chi connectivity index (χ4n) is 1.90. The lowest BCUT2D eigenvalue weighted by molar-refractivity contribution is -0.111. The van der Waals surface area contributed by atoms with E-state index in [0.29, 0.717) is 21.2 Å². The average Bonchev–Trinajstić information content (AvgIpc) is 3.12. The van der Waals surface area contributed by atoms with E-state index in [2.05, 4.69) is 5.32 Å². The van der Waals surface area contributed by atoms with Crippen molar-refractivity contribution in [1.29, 1.82) is 5.26 Å². The van der Waals surface area contributed by atoms with Crippen molar-refractivity contribution < 1.29 is 18.7 Å². The molecule has 0 atom stereocenters. The maximum Gasteiger partial charge on any atom is 0.348 e. The fraction of sp³-hybridized carbons (Fsp3) is 0.235. The third-order valence-electron chi connectivity index (χ3n) is 2.97. The lowest BCUT2D eigenvalue weighted by atomic mass is 10.2. The van der Waals surface area contributed by atoms with E-state index in [4.69, 9.17) is 9.15 Å². The molecular weight excluding hydrogens is 328 g/mol. The van der Waals surface area contributed by atoms with Gasteiger partial charge in [-0.15, -0.1) is 11.3 Å². The van der Waals surface area contributed by atoms with Gasteiger partial charge >= 0.3 is 5.97 Å². The van der Waals surface area contributed by atoms with Crippen LogP contribution >= 0.6 is 11.3 Å². The molecule has 2 rings (SSSR count). The summed E-state index contributed by atoms with van der Waals surface area (Å²) in [5.41, 5.74) is 0.758. The van der Waals surface area contributed by atoms with Gasteiger partial charge in [0.1, 0.15) is 21.7 Å². The molecule has 1 amide bonds. The predicted octanol–water partition coefficient (Wildman–Crippen LogP) is 3.74. The highest BCUT2D eigenvalue weighted by molar-refractivity contribution is 7.18. The Morgan fingerprint density at radius 2 is 2.21 bits per heavy atom. The van der Waals surface area contributed by atoms with Crippen molar-refractivity contribution in [2.75, 3.05) is 5.32 Å². The molecule has 0 aliphatic heterocycles. The van der Waals surface area contributed by atoms with Gasteiger partial charge < -0.3 is 14.5 Å². The Morgan fingerprint density at radius 1 is 1.46 bits per heavy atom. The molecule has 1 N–H and O–H groups in total. The minimum absolute atomic E-state index is 0.260. The van der Waals surface area contributed by atoms with Crippen LogP contribution in [0, 0.1) is 18.3 Å². The Balaban J connectivity index is 2.19. The van der Waals surface area contributed by atoms with Crippen LogP contribution in [-0.2, 0) is 9.53 Å². The summed E-state index contributed by atoms with van der Waals surface area (Å²) in [5, 5.41) is 12.2. The molecule has 0 aliphatic rings. The van der Waals surface area contributed by atoms with Crippen LogP contribution in [-0.4, -0.2) is 18.0 Å². The van der Waals surface area contributed by atoms with Crippen LogP contribution in [0.1, 0.15) is 40.4 Å². The van der Waals surface area contributed by atoms with Gasteiger partial charge in [0.05, 0.1) is 17.9 Å². The van der Waals surface area contributed by atoms with Crippen LogP contribution in [0.2, 0.25) is 0 Å². The Labute approximate surface area is 143 Å². The summed E-state index contributed by atoms with van der Waals surface area (Å²) in [6.07, 6.45) is 4.04. The van der Waals surface area contributed by atoms with Crippen molar-refractivity contribution in [2.24, 2.45) is 0 Å². The van der Waals surface area contributed by atoms with Crippen LogP contribution < -0.4 is 5.32 Å². The SMILES string of the molecule is Cc1c(C(=O)OC(C)C)sc(NC(=O)/C=C/c2ccco2)c1C#N. The Morgan fingerprint density at radius 3 is 2.79 bits per heavy atom. The summed E-state index contributed by atoms with van der Waals surface area (Å²) in [6, 6.07) is 5.43. The van der Waals surface area contributed by atoms with E-state index >= 15 is 0 Å². The molecule has 0 fully saturated rings. The third-order valence-corrected chi connectivity index (χ3v) is 4.15. The lowest BCUT2D eigenvalue weighted by Crippen LogP contribution is -2.11. The average molecular weight is 344 g/mol. The summed E-state index contributed by atoms with van der Waals surface area (Å²) in [4.78, 5) is 24.4. The first kappa shape index (κ1) is 17.5. The summed E-state index contributed by atoms with van der Waals surface area (Å²) >= 11 is 1.03. The fourth-order valence-corrected chi connectivity index (χ4v) is 2.94. The van der Waals surface area contributed by atoms with Crippen molar-refractivity contribution in [1.82, 2.24) is 0 Å². The minimum Gasteiger partial charge on any atom is -0.465 e. The van der Waals surface area contributed by atoms with E-state index in [1.165, 1.54) is 18.4 Å². The third kappa shape index (κ3) is 4.12. The highest BCUT2D eigenvalue weighted by Crippen LogP contribution is 2.33. The second kappa shape index (κ2) is 7.62. The number of ether oxygens (including phenoxy) is 1. The van der Waals surface area contributed by atoms with Crippen molar-refractivity contribution in [3.05, 3.63) is 46.2 Å². The highest BCUT2D eigenvalue weighted by Gasteiger charge is 2.22. The molecule has 0 aromatic carbocycles. The van der Waals surface area contributed by atoms with Gasteiger partial charge in [0.25, 0.3) is 0 Å². The molecule has 0 aliphatic carbocycles. The Bertz CT molecular complexity index is 811. The molecule has 24 heavy (non-hydrogen) atoms. The second-order valence-electron chi connectivity index (χ2n) is 5.16. The molecule has 2 aromatic heterocycles. The summed E-state index contributed by atoms with van der Waals surface area (Å²) < 4.78 is 10.2. The zero-order valence-electron chi connectivity index (χ0n) is 13.5. The van der Waals surface area contributed by atoms with Crippen LogP contribution in [0.15, 0.2) is 28.9 Å². The first-order chi connectivity index (χ1) is 11.4. The summed E-state index contributed by atoms with van der Waals surface area (Å²) in [7, 11) is 0. The highest BCUT2D eigenvalue weighted by atomic mass is 32.1. The number of hydrogen-bond acceptors (Lipinski definition) is 6. The van der Waals surface area contributed by atoms with Gasteiger partial charge in [0, 0.05) is 6.08 Å². The number of amides is 1. The molecule has 7 heteroatoms. The molecule has 2 heterocycles. The molecule has 0 unspecified atom stereocenters. The minimum atomic E-state index is -0.504. The van der Waals surface area contributed by atoms with Gasteiger partial charge in [-0.3, -0.25) is 4.79 Å². The normalized spacial score (nSPS) is 10.8. The molecule has 0 spiro atoms. The molecule has 0 bridgehead atoms. The number of anilines is 1. The summed E-state index contributed by atoms with van der Waals surface area (Å²) in [6.45, 7) is 5.14. The van der Waals surface area contributed by atoms with Crippen LogP contribution in [0.5, 0.6) is 0 Å². The molecule has 6 nitrogen and oxygen atoms in total. The number of hydrogen-bond donors (Lipinski definition) is 1. The van der Waals surface area contributed by atoms with Gasteiger partial charge in [0.15, 0.2) is 0 Å². The monoisotopic (exact) mass is 344 g/mol. The molecule has 124 valence electrons. The van der Waals surface area contributed by atoms with Crippen LogP contribution in [0.25, 0.3) is 6.08 Å². The number of carbonyl (C=O) groups is 2. The topological polar surface area (TPSA) is 92.3 Å². The first-order valence-electron chi connectivity index (χ1n) is 7.19. The zero-order chi connectivity index (χ0) is 17.7. The van der Waals surface area contributed by atoms with E-state index < -0.39 is 11.9 Å². The smallest absolute Gasteiger partial charge is 0.348 e. The molecule has 0 saturated carbocycles. The van der Waals surface area contributed by atoms with Gasteiger partial charge in [-0.05, 0) is 44.5 Å². The van der Waals surface area contributed by atoms with Crippen molar-refractivity contribution in [3.63, 3.8) is 0 Å². The molecular formula is C17H16N2O4S. The van der Waals surface area contributed by atoms with Crippen molar-refractivity contribution in [3.8, 4) is 6.07 Å². The Kier molecular flexibility index (Phi) is 5.55. The first-order valence-corrected chi connectivity index (χ1v) is 8.01. The predicted molar refractivity (Wildman–Crippen MR) is 90.7 cm³/mol. The maximum absolute atomic E-state index is 12.1. The zero-order valence-corrected chi connectivity index (χ0v) is 14.3. The van der Waals surface area contributed by atoms with Gasteiger partial charge in [0.2, 0.25) is 5.91 Å². The Hall–Kier alpha value is -2.85. The molecule has 0 radical (unpaired) electrons. The molecule has 2 aromatic rings. The number of esters is 1. The van der Waals surface area contributed by atoms with E-state index in [1.54, 1.807) is 32.9 Å². The van der Waals surface area contributed by atoms with E-state index in [9.17, 15) is 14.9 Å². The largest absolute Gasteiger partial charge is 0.465 e. The quantitative estimate of drug-likeness (QED) is 0.659. The number of carbonyl (C=O) groups excluding carboxylic acids is 2. The standard InChI is InChI=1S/C17H16N2O4S/c1-10(2)23-17(21)15-11(3)13(9-18)16(24-15)19-14(20)7-6-12-5-4-8-22-12/h4-8,10H,1-3H3,(H,19,20)/b7-6+. The van der Waals surface area contributed by atoms with E-state index in [1.807, 2.05) is 6.07 Å². The van der Waals surface area contributed by atoms with Crippen molar-refractivity contribution in [2.45, 2.75) is 26.9 Å². The lowest BCUT2D eigenvalue weighted by Gasteiger charge is -2.06. The number of nitrogens with one attached hydrogen (secondary N) is 1. The number of furan rings is 1. The van der Waals surface area contributed by atoms with Crippen LogP contribution in [0.3, 0.4) is 0 Å². The number of rotatable bonds is 5. The number of thiophene rings is 1. The molecule has 0 saturated heterocycles. The number of nitriles is 1.